The van der Waals surface area contributed by atoms with E-state index in [0.29, 0.717) is 0 Å². The molecule has 1 aliphatic carbocycles. The van der Waals surface area contributed by atoms with Crippen LogP contribution in [-0.2, 0) is 11.2 Å². The normalized spacial score (nSPS) is 17.5. The fourth-order valence-electron chi connectivity index (χ4n) is 4.27. The zero-order valence-corrected chi connectivity index (χ0v) is 18.3. The highest BCUT2D eigenvalue weighted by Gasteiger charge is 2.38. The van der Waals surface area contributed by atoms with Gasteiger partial charge in [-0.05, 0) is 78.6 Å². The minimum Gasteiger partial charge on any atom is -0.493 e. The van der Waals surface area contributed by atoms with E-state index in [1.165, 1.54) is 16.7 Å². The molecular weight excluding hydrogens is 362 g/mol. The number of rotatable bonds is 6. The van der Waals surface area contributed by atoms with Gasteiger partial charge in [-0.1, -0.05) is 45.4 Å². The Labute approximate surface area is 174 Å². The molecule has 0 radical (unpaired) electrons. The summed E-state index contributed by atoms with van der Waals surface area (Å²) in [4.78, 5) is 11.4. The average Bonchev–Trinajstić information content (AvgIpc) is 2.65. The molecule has 0 saturated heterocycles. The van der Waals surface area contributed by atoms with Crippen molar-refractivity contribution < 1.29 is 14.3 Å². The predicted octanol–water partition coefficient (Wildman–Crippen LogP) is 6.26. The molecule has 0 spiro atoms. The van der Waals surface area contributed by atoms with E-state index in [-0.39, 0.29) is 11.5 Å². The second-order valence-electron chi connectivity index (χ2n) is 8.86. The van der Waals surface area contributed by atoms with Crippen LogP contribution < -0.4 is 10.5 Å². The number of hydrogen-bond donors (Lipinski definition) is 1. The Morgan fingerprint density at radius 1 is 1.14 bits per heavy atom. The number of nitrogens with two attached hydrogens (primary N) is 1. The van der Waals surface area contributed by atoms with Crippen LogP contribution in [-0.4, -0.2) is 12.7 Å². The summed E-state index contributed by atoms with van der Waals surface area (Å²) < 4.78 is 11.5. The second kappa shape index (κ2) is 8.48. The maximum absolute atomic E-state index is 11.4. The van der Waals surface area contributed by atoms with E-state index in [1.807, 2.05) is 0 Å². The summed E-state index contributed by atoms with van der Waals surface area (Å²) in [5.74, 6) is 0.997. The van der Waals surface area contributed by atoms with Crippen molar-refractivity contribution in [3.8, 4) is 16.9 Å². The highest BCUT2D eigenvalue weighted by Crippen LogP contribution is 2.46. The number of amides is 1. The molecule has 2 aromatic rings. The molecule has 156 valence electrons. The van der Waals surface area contributed by atoms with Gasteiger partial charge in [-0.15, -0.1) is 0 Å². The van der Waals surface area contributed by atoms with Crippen molar-refractivity contribution in [2.24, 2.45) is 11.1 Å². The highest BCUT2D eigenvalue weighted by molar-refractivity contribution is 5.69. The summed E-state index contributed by atoms with van der Waals surface area (Å²) in [5, 5.41) is 0. The van der Waals surface area contributed by atoms with Gasteiger partial charge >= 0.3 is 6.09 Å². The molecular formula is C25H33NO3. The van der Waals surface area contributed by atoms with Gasteiger partial charge in [0.15, 0.2) is 0 Å². The number of benzene rings is 2. The minimum absolute atomic E-state index is 0.131. The van der Waals surface area contributed by atoms with Crippen LogP contribution in [0.1, 0.15) is 68.4 Å². The Balaban J connectivity index is 1.93. The Bertz CT molecular complexity index is 878. The first-order valence-electron chi connectivity index (χ1n) is 10.6. The molecule has 3 rings (SSSR count). The molecule has 4 heteroatoms. The van der Waals surface area contributed by atoms with E-state index in [2.05, 4.69) is 65.0 Å². The Hall–Kier alpha value is -2.49. The lowest BCUT2D eigenvalue weighted by molar-refractivity contribution is 0.0147. The van der Waals surface area contributed by atoms with Crippen molar-refractivity contribution in [1.82, 2.24) is 0 Å². The van der Waals surface area contributed by atoms with Gasteiger partial charge in [0.2, 0.25) is 0 Å². The third-order valence-electron chi connectivity index (χ3n) is 5.95. The maximum Gasteiger partial charge on any atom is 0.405 e. The number of primary amides is 1. The van der Waals surface area contributed by atoms with Gasteiger partial charge < -0.3 is 15.2 Å². The topological polar surface area (TPSA) is 61.6 Å². The molecule has 1 atom stereocenters. The van der Waals surface area contributed by atoms with E-state index < -0.39 is 6.09 Å². The third-order valence-corrected chi connectivity index (χ3v) is 5.95. The van der Waals surface area contributed by atoms with E-state index in [0.717, 1.165) is 54.7 Å². The van der Waals surface area contributed by atoms with Gasteiger partial charge in [0.05, 0.1) is 6.61 Å². The van der Waals surface area contributed by atoms with E-state index in [1.54, 1.807) is 0 Å². The van der Waals surface area contributed by atoms with Gasteiger partial charge in [0.25, 0.3) is 0 Å². The van der Waals surface area contributed by atoms with Crippen molar-refractivity contribution in [1.29, 1.82) is 0 Å². The summed E-state index contributed by atoms with van der Waals surface area (Å²) in [5.41, 5.74) is 12.2. The summed E-state index contributed by atoms with van der Waals surface area (Å²) in [6, 6.07) is 10.8. The van der Waals surface area contributed by atoms with Gasteiger partial charge in [-0.25, -0.2) is 4.79 Å². The van der Waals surface area contributed by atoms with Crippen LogP contribution in [0.25, 0.3) is 11.1 Å². The zero-order valence-electron chi connectivity index (χ0n) is 18.3. The monoisotopic (exact) mass is 395 g/mol. The molecule has 4 nitrogen and oxygen atoms in total. The van der Waals surface area contributed by atoms with Crippen LogP contribution in [0.15, 0.2) is 30.3 Å². The van der Waals surface area contributed by atoms with Crippen LogP contribution in [0.3, 0.4) is 0 Å². The molecule has 0 fully saturated rings. The molecule has 0 aliphatic heterocycles. The molecule has 1 amide bonds. The lowest BCUT2D eigenvalue weighted by Gasteiger charge is -2.39. The average molecular weight is 396 g/mol. The lowest BCUT2D eigenvalue weighted by atomic mass is 9.71. The number of carbonyl (C=O) groups excluding carboxylic acids is 1. The Kier molecular flexibility index (Phi) is 6.21. The maximum atomic E-state index is 11.4. The number of unbranched alkanes of at least 4 members (excludes halogenated alkanes) is 1. The standard InChI is InChI=1S/C25H33NO3/c1-6-7-12-28-22-16(2)13-20(14-17(22)3)18-8-9-21-19(15-18)10-11-25(4,5)23(21)29-24(26)27/h8-9,13-15,23H,6-7,10-12H2,1-5H3,(H2,26,27). The number of fused-ring (bicyclic) bond motifs is 1. The quantitative estimate of drug-likeness (QED) is 0.587. The molecule has 0 bridgehead atoms. The first kappa shape index (κ1) is 21.2. The molecule has 0 saturated carbocycles. The smallest absolute Gasteiger partial charge is 0.405 e. The third kappa shape index (κ3) is 4.58. The van der Waals surface area contributed by atoms with Crippen LogP contribution >= 0.6 is 0 Å². The largest absolute Gasteiger partial charge is 0.493 e. The van der Waals surface area contributed by atoms with Crippen molar-refractivity contribution in [3.63, 3.8) is 0 Å². The summed E-state index contributed by atoms with van der Waals surface area (Å²) in [7, 11) is 0. The Morgan fingerprint density at radius 2 is 1.83 bits per heavy atom. The van der Waals surface area contributed by atoms with Gasteiger partial charge in [-0.2, -0.15) is 0 Å². The van der Waals surface area contributed by atoms with Crippen molar-refractivity contribution in [2.45, 2.75) is 66.4 Å². The first-order valence-corrected chi connectivity index (χ1v) is 10.6. The van der Waals surface area contributed by atoms with E-state index in [9.17, 15) is 4.79 Å². The predicted molar refractivity (Wildman–Crippen MR) is 117 cm³/mol. The molecule has 0 aromatic heterocycles. The molecule has 2 aromatic carbocycles. The summed E-state index contributed by atoms with van der Waals surface area (Å²) in [6.07, 6.45) is 3.08. The SMILES string of the molecule is CCCCOc1c(C)cc(-c2ccc3c(c2)CCC(C)(C)C3OC(N)=O)cc1C. The number of carbonyl (C=O) groups is 1. The van der Waals surface area contributed by atoms with Gasteiger partial charge in [0.1, 0.15) is 11.9 Å². The molecule has 29 heavy (non-hydrogen) atoms. The van der Waals surface area contributed by atoms with Crippen molar-refractivity contribution >= 4 is 6.09 Å². The Morgan fingerprint density at radius 3 is 2.45 bits per heavy atom. The van der Waals surface area contributed by atoms with Crippen LogP contribution in [0.4, 0.5) is 4.79 Å². The molecule has 1 unspecified atom stereocenters. The van der Waals surface area contributed by atoms with Crippen LogP contribution in [0, 0.1) is 19.3 Å². The number of hydrogen-bond acceptors (Lipinski definition) is 3. The summed E-state index contributed by atoms with van der Waals surface area (Å²) in [6.45, 7) is 11.4. The van der Waals surface area contributed by atoms with Crippen LogP contribution in [0.5, 0.6) is 5.75 Å². The molecule has 2 N–H and O–H groups in total. The van der Waals surface area contributed by atoms with E-state index >= 15 is 0 Å². The van der Waals surface area contributed by atoms with Crippen molar-refractivity contribution in [3.05, 3.63) is 52.6 Å². The molecule has 0 heterocycles. The highest BCUT2D eigenvalue weighted by atomic mass is 16.6. The van der Waals surface area contributed by atoms with E-state index in [4.69, 9.17) is 15.2 Å². The van der Waals surface area contributed by atoms with Gasteiger partial charge in [0, 0.05) is 5.41 Å². The van der Waals surface area contributed by atoms with Gasteiger partial charge in [-0.3, -0.25) is 0 Å². The first-order chi connectivity index (χ1) is 13.7. The van der Waals surface area contributed by atoms with Crippen molar-refractivity contribution in [2.75, 3.05) is 6.61 Å². The number of ether oxygens (including phenoxy) is 2. The fraction of sp³-hybridized carbons (Fsp3) is 0.480. The number of aryl methyl sites for hydroxylation is 3. The summed E-state index contributed by atoms with van der Waals surface area (Å²) >= 11 is 0. The molecule has 1 aliphatic rings. The minimum atomic E-state index is -0.718. The van der Waals surface area contributed by atoms with Crippen LogP contribution in [0.2, 0.25) is 0 Å². The zero-order chi connectivity index (χ0) is 21.2. The lowest BCUT2D eigenvalue weighted by Crippen LogP contribution is -2.33. The fourth-order valence-corrected chi connectivity index (χ4v) is 4.27. The second-order valence-corrected chi connectivity index (χ2v) is 8.86.